The Morgan fingerprint density at radius 3 is 2.50 bits per heavy atom. The van der Waals surface area contributed by atoms with Gasteiger partial charge in [-0.15, -0.1) is 0 Å². The van der Waals surface area contributed by atoms with Gasteiger partial charge in [0, 0.05) is 12.0 Å². The topological polar surface area (TPSA) is 24.8 Å². The van der Waals surface area contributed by atoms with Crippen LogP contribution >= 0.6 is 0 Å². The van der Waals surface area contributed by atoms with Crippen LogP contribution in [0.5, 0.6) is 0 Å². The van der Waals surface area contributed by atoms with Gasteiger partial charge in [-0.3, -0.25) is 4.79 Å². The maximum Gasteiger partial charge on any atom is 0.254 e. The summed E-state index contributed by atoms with van der Waals surface area (Å²) in [5.74, 6) is 0.596. The van der Waals surface area contributed by atoms with Crippen LogP contribution in [-0.2, 0) is 0 Å². The third-order valence-electron chi connectivity index (χ3n) is 5.30. The summed E-state index contributed by atoms with van der Waals surface area (Å²) < 4.78 is 13.0. The molecule has 1 amide bonds. The Hall–Kier alpha value is -1.42. The molecule has 1 aromatic carbocycles. The van der Waals surface area contributed by atoms with Crippen molar-refractivity contribution in [3.8, 4) is 0 Å². The average Bonchev–Trinajstić information content (AvgIpc) is 2.55. The smallest absolute Gasteiger partial charge is 0.254 e. The molecule has 0 radical (unpaired) electrons. The number of benzene rings is 1. The normalized spacial score (nSPS) is 26.9. The monoisotopic (exact) mass is 305 g/mol. The van der Waals surface area contributed by atoms with Crippen LogP contribution in [-0.4, -0.2) is 43.0 Å². The molecule has 1 saturated heterocycles. The molecule has 0 unspecified atom stereocenters. The van der Waals surface area contributed by atoms with Crippen molar-refractivity contribution >= 4 is 5.91 Å². The predicted octanol–water partition coefficient (Wildman–Crippen LogP) is 1.75. The van der Waals surface area contributed by atoms with Gasteiger partial charge in [0.05, 0.1) is 32.2 Å². The first-order valence-corrected chi connectivity index (χ1v) is 8.53. The number of hydrogen-bond acceptors (Lipinski definition) is 1. The number of amides is 1. The van der Waals surface area contributed by atoms with Crippen LogP contribution in [0.25, 0.3) is 0 Å². The van der Waals surface area contributed by atoms with E-state index in [-0.39, 0.29) is 11.7 Å². The van der Waals surface area contributed by atoms with Crippen LogP contribution in [0.3, 0.4) is 0 Å². The molecule has 4 heteroatoms. The highest BCUT2D eigenvalue weighted by Crippen LogP contribution is 2.22. The molecule has 120 valence electrons. The first kappa shape index (κ1) is 15.5. The van der Waals surface area contributed by atoms with Crippen LogP contribution in [0.15, 0.2) is 24.3 Å². The standard InChI is InChI=1S/C18H25FN2O/c1-14-3-2-4-17(13-14)20-9-11-21(12-10-20)18(22)15-5-7-16(19)8-6-15/h5-8,14,17H,2-4,9-13H2,1H3/p+1/t14-,17+/m0/s1. The third kappa shape index (κ3) is 3.49. The van der Waals surface area contributed by atoms with Crippen LogP contribution in [0.4, 0.5) is 4.39 Å². The zero-order valence-electron chi connectivity index (χ0n) is 13.4. The van der Waals surface area contributed by atoms with Gasteiger partial charge in [0.15, 0.2) is 0 Å². The minimum absolute atomic E-state index is 0.0380. The highest BCUT2D eigenvalue weighted by atomic mass is 19.1. The van der Waals surface area contributed by atoms with Crippen molar-refractivity contribution in [3.05, 3.63) is 35.6 Å². The van der Waals surface area contributed by atoms with Gasteiger partial charge in [-0.25, -0.2) is 4.39 Å². The fourth-order valence-electron chi connectivity index (χ4n) is 3.99. The van der Waals surface area contributed by atoms with Gasteiger partial charge in [-0.2, -0.15) is 0 Å². The zero-order valence-corrected chi connectivity index (χ0v) is 13.4. The SMILES string of the molecule is C[C@H]1CCC[C@@H]([NH+]2CCN(C(=O)c3ccc(F)cc3)CC2)C1. The summed E-state index contributed by atoms with van der Waals surface area (Å²) in [5, 5.41) is 0. The second-order valence-corrected chi connectivity index (χ2v) is 6.93. The number of nitrogens with one attached hydrogen (secondary N) is 1. The minimum atomic E-state index is -0.294. The lowest BCUT2D eigenvalue weighted by Gasteiger charge is -2.39. The van der Waals surface area contributed by atoms with Gasteiger partial charge in [0.25, 0.3) is 5.91 Å². The molecule has 0 bridgehead atoms. The first-order valence-electron chi connectivity index (χ1n) is 8.53. The largest absolute Gasteiger partial charge is 0.330 e. The van der Waals surface area contributed by atoms with E-state index in [2.05, 4.69) is 6.92 Å². The molecular weight excluding hydrogens is 279 g/mol. The van der Waals surface area contributed by atoms with Crippen molar-refractivity contribution in [3.63, 3.8) is 0 Å². The number of hydrogen-bond donors (Lipinski definition) is 1. The molecule has 0 spiro atoms. The number of nitrogens with zero attached hydrogens (tertiary/aromatic N) is 1. The highest BCUT2D eigenvalue weighted by molar-refractivity contribution is 5.94. The molecule has 1 aliphatic carbocycles. The molecule has 2 aliphatic rings. The molecule has 22 heavy (non-hydrogen) atoms. The van der Waals surface area contributed by atoms with Crippen LogP contribution in [0, 0.1) is 11.7 Å². The number of rotatable bonds is 2. The van der Waals surface area contributed by atoms with Crippen molar-refractivity contribution in [2.24, 2.45) is 5.92 Å². The lowest BCUT2D eigenvalue weighted by Crippen LogP contribution is -3.18. The van der Waals surface area contributed by atoms with Gasteiger partial charge >= 0.3 is 0 Å². The van der Waals surface area contributed by atoms with E-state index in [1.54, 1.807) is 17.0 Å². The van der Waals surface area contributed by atoms with E-state index < -0.39 is 0 Å². The highest BCUT2D eigenvalue weighted by Gasteiger charge is 2.32. The fourth-order valence-corrected chi connectivity index (χ4v) is 3.99. The Bertz CT molecular complexity index is 508. The van der Waals surface area contributed by atoms with Crippen molar-refractivity contribution in [2.75, 3.05) is 26.2 Å². The second-order valence-electron chi connectivity index (χ2n) is 6.93. The Kier molecular flexibility index (Phi) is 4.77. The van der Waals surface area contributed by atoms with E-state index in [1.165, 1.54) is 37.8 Å². The minimum Gasteiger partial charge on any atom is -0.330 e. The Morgan fingerprint density at radius 1 is 1.18 bits per heavy atom. The maximum atomic E-state index is 13.0. The van der Waals surface area contributed by atoms with Crippen molar-refractivity contribution < 1.29 is 14.1 Å². The van der Waals surface area contributed by atoms with Crippen molar-refractivity contribution in [1.29, 1.82) is 0 Å². The summed E-state index contributed by atoms with van der Waals surface area (Å²) in [7, 11) is 0. The molecule has 3 rings (SSSR count). The van der Waals surface area contributed by atoms with E-state index in [0.29, 0.717) is 5.56 Å². The van der Waals surface area contributed by atoms with Gasteiger partial charge in [-0.05, 0) is 43.0 Å². The van der Waals surface area contributed by atoms with Gasteiger partial charge in [0.2, 0.25) is 0 Å². The van der Waals surface area contributed by atoms with E-state index in [0.717, 1.165) is 38.1 Å². The van der Waals surface area contributed by atoms with Crippen molar-refractivity contribution in [1.82, 2.24) is 4.90 Å². The predicted molar refractivity (Wildman–Crippen MR) is 84.4 cm³/mol. The molecular formula is C18H26FN2O+. The molecule has 1 aliphatic heterocycles. The summed E-state index contributed by atoms with van der Waals surface area (Å²) in [5.41, 5.74) is 0.594. The van der Waals surface area contributed by atoms with Crippen LogP contribution in [0.2, 0.25) is 0 Å². The van der Waals surface area contributed by atoms with E-state index in [4.69, 9.17) is 0 Å². The lowest BCUT2D eigenvalue weighted by molar-refractivity contribution is -0.930. The molecule has 2 fully saturated rings. The molecule has 3 nitrogen and oxygen atoms in total. The number of halogens is 1. The molecule has 1 saturated carbocycles. The summed E-state index contributed by atoms with van der Waals surface area (Å²) in [4.78, 5) is 16.0. The molecule has 1 aromatic rings. The molecule has 1 heterocycles. The van der Waals surface area contributed by atoms with E-state index >= 15 is 0 Å². The Labute approximate surface area is 132 Å². The summed E-state index contributed by atoms with van der Waals surface area (Å²) in [6.07, 6.45) is 5.40. The van der Waals surface area contributed by atoms with Crippen LogP contribution < -0.4 is 4.90 Å². The Balaban J connectivity index is 1.55. The van der Waals surface area contributed by atoms with Crippen LogP contribution in [0.1, 0.15) is 43.0 Å². The van der Waals surface area contributed by atoms with Gasteiger partial charge in [0.1, 0.15) is 5.82 Å². The number of carbonyl (C=O) groups is 1. The van der Waals surface area contributed by atoms with E-state index in [1.807, 2.05) is 4.90 Å². The van der Waals surface area contributed by atoms with Crippen molar-refractivity contribution in [2.45, 2.75) is 38.6 Å². The number of quaternary nitrogens is 1. The number of piperazine rings is 1. The fraction of sp³-hybridized carbons (Fsp3) is 0.611. The quantitative estimate of drug-likeness (QED) is 0.884. The summed E-state index contributed by atoms with van der Waals surface area (Å²) >= 11 is 0. The zero-order chi connectivity index (χ0) is 15.5. The summed E-state index contributed by atoms with van der Waals surface area (Å²) in [6, 6.07) is 6.67. The Morgan fingerprint density at radius 2 is 1.86 bits per heavy atom. The second kappa shape index (κ2) is 6.78. The third-order valence-corrected chi connectivity index (χ3v) is 5.30. The lowest BCUT2D eigenvalue weighted by atomic mass is 9.86. The van der Waals surface area contributed by atoms with Gasteiger partial charge in [-0.1, -0.05) is 13.3 Å². The summed E-state index contributed by atoms with van der Waals surface area (Å²) in [6.45, 7) is 6.08. The molecule has 0 aromatic heterocycles. The van der Waals surface area contributed by atoms with E-state index in [9.17, 15) is 9.18 Å². The number of carbonyl (C=O) groups excluding carboxylic acids is 1. The molecule has 1 N–H and O–H groups in total. The average molecular weight is 305 g/mol. The molecule has 2 atom stereocenters. The first-order chi connectivity index (χ1) is 10.6. The van der Waals surface area contributed by atoms with Gasteiger partial charge < -0.3 is 9.80 Å². The maximum absolute atomic E-state index is 13.0.